The molecule has 2 aliphatic rings. The summed E-state index contributed by atoms with van der Waals surface area (Å²) in [5.41, 5.74) is 1.00. The zero-order valence-electron chi connectivity index (χ0n) is 13.4. The highest BCUT2D eigenvalue weighted by molar-refractivity contribution is 6.34. The van der Waals surface area contributed by atoms with E-state index in [4.69, 9.17) is 16.3 Å². The van der Waals surface area contributed by atoms with Gasteiger partial charge in [0.2, 0.25) is 5.91 Å². The molecule has 6 nitrogen and oxygen atoms in total. The molecule has 0 saturated carbocycles. The average molecular weight is 352 g/mol. The molecule has 0 aliphatic carbocycles. The number of hydrogen-bond donors (Lipinski definition) is 3. The molecule has 7 heteroatoms. The number of carbonyl (C=O) groups excluding carboxylic acids is 2. The number of nitrogens with one attached hydrogen (secondary N) is 3. The van der Waals surface area contributed by atoms with Crippen LogP contribution in [0.15, 0.2) is 18.2 Å². The molecule has 0 radical (unpaired) electrons. The van der Waals surface area contributed by atoms with E-state index in [1.54, 1.807) is 18.2 Å². The molecule has 2 atom stereocenters. The Labute approximate surface area is 146 Å². The van der Waals surface area contributed by atoms with Crippen LogP contribution >= 0.6 is 11.6 Å². The zero-order chi connectivity index (χ0) is 16.9. The first-order chi connectivity index (χ1) is 11.6. The second-order valence-corrected chi connectivity index (χ2v) is 6.63. The Morgan fingerprint density at radius 3 is 2.88 bits per heavy atom. The normalized spacial score (nSPS) is 23.2. The van der Waals surface area contributed by atoms with E-state index in [1.165, 1.54) is 0 Å². The van der Waals surface area contributed by atoms with Crippen LogP contribution in [0.5, 0.6) is 0 Å². The third kappa shape index (κ3) is 4.26. The van der Waals surface area contributed by atoms with Crippen molar-refractivity contribution in [1.82, 2.24) is 10.6 Å². The minimum absolute atomic E-state index is 0.0156. The van der Waals surface area contributed by atoms with Gasteiger partial charge in [-0.25, -0.2) is 0 Å². The predicted octanol–water partition coefficient (Wildman–Crippen LogP) is 1.80. The average Bonchev–Trinajstić information content (AvgIpc) is 3.26. The molecule has 0 bridgehead atoms. The summed E-state index contributed by atoms with van der Waals surface area (Å²) in [5, 5.41) is 9.18. The first kappa shape index (κ1) is 17.2. The molecule has 24 heavy (non-hydrogen) atoms. The number of amides is 2. The fraction of sp³-hybridized carbons (Fsp3) is 0.529. The molecule has 2 saturated heterocycles. The van der Waals surface area contributed by atoms with Crippen LogP contribution < -0.4 is 16.0 Å². The smallest absolute Gasteiger partial charge is 0.252 e. The highest BCUT2D eigenvalue weighted by Gasteiger charge is 2.23. The van der Waals surface area contributed by atoms with E-state index < -0.39 is 0 Å². The highest BCUT2D eigenvalue weighted by Crippen LogP contribution is 2.22. The number of benzene rings is 1. The Hall–Kier alpha value is -1.63. The maximum Gasteiger partial charge on any atom is 0.252 e. The number of rotatable bonds is 5. The van der Waals surface area contributed by atoms with E-state index in [0.717, 1.165) is 32.4 Å². The first-order valence-corrected chi connectivity index (χ1v) is 8.72. The number of halogens is 1. The van der Waals surface area contributed by atoms with Gasteiger partial charge in [-0.1, -0.05) is 11.6 Å². The van der Waals surface area contributed by atoms with Crippen molar-refractivity contribution in [2.24, 2.45) is 5.92 Å². The summed E-state index contributed by atoms with van der Waals surface area (Å²) in [7, 11) is 0. The third-order valence-corrected chi connectivity index (χ3v) is 4.74. The second-order valence-electron chi connectivity index (χ2n) is 6.22. The van der Waals surface area contributed by atoms with Gasteiger partial charge in [-0.2, -0.15) is 0 Å². The van der Waals surface area contributed by atoms with Crippen molar-refractivity contribution in [3.05, 3.63) is 28.8 Å². The Kier molecular flexibility index (Phi) is 5.71. The van der Waals surface area contributed by atoms with Crippen LogP contribution in [0, 0.1) is 5.92 Å². The van der Waals surface area contributed by atoms with Crippen LogP contribution in [0.4, 0.5) is 5.69 Å². The number of anilines is 1. The van der Waals surface area contributed by atoms with Crippen molar-refractivity contribution in [3.63, 3.8) is 0 Å². The van der Waals surface area contributed by atoms with E-state index in [1.807, 2.05) is 0 Å². The standard InChI is InChI=1S/C17H22ClN3O3/c18-15-8-12(21-16(22)11-5-6-19-9-11)3-4-14(15)17(23)20-10-13-2-1-7-24-13/h3-4,8,11,13,19H,1-2,5-7,9-10H2,(H,20,23)(H,21,22)/t11-,13?/m1/s1. The minimum atomic E-state index is -0.228. The molecule has 3 rings (SSSR count). The largest absolute Gasteiger partial charge is 0.376 e. The molecule has 2 amide bonds. The summed E-state index contributed by atoms with van der Waals surface area (Å²) in [6.07, 6.45) is 2.93. The summed E-state index contributed by atoms with van der Waals surface area (Å²) in [6.45, 7) is 2.81. The van der Waals surface area contributed by atoms with Crippen molar-refractivity contribution in [3.8, 4) is 0 Å². The van der Waals surface area contributed by atoms with Gasteiger partial charge in [0.15, 0.2) is 0 Å². The zero-order valence-corrected chi connectivity index (χ0v) is 14.2. The summed E-state index contributed by atoms with van der Waals surface area (Å²) < 4.78 is 5.48. The summed E-state index contributed by atoms with van der Waals surface area (Å²) in [6, 6.07) is 4.95. The van der Waals surface area contributed by atoms with Gasteiger partial charge in [0.05, 0.1) is 22.6 Å². The quantitative estimate of drug-likeness (QED) is 0.755. The minimum Gasteiger partial charge on any atom is -0.376 e. The van der Waals surface area contributed by atoms with Gasteiger partial charge < -0.3 is 20.7 Å². The van der Waals surface area contributed by atoms with Gasteiger partial charge in [0.25, 0.3) is 5.91 Å². The summed E-state index contributed by atoms with van der Waals surface area (Å²) >= 11 is 6.21. The van der Waals surface area contributed by atoms with Gasteiger partial charge >= 0.3 is 0 Å². The Morgan fingerprint density at radius 2 is 2.21 bits per heavy atom. The van der Waals surface area contributed by atoms with Crippen LogP contribution in [0.2, 0.25) is 5.02 Å². The van der Waals surface area contributed by atoms with E-state index in [0.29, 0.717) is 29.4 Å². The van der Waals surface area contributed by atoms with Crippen molar-refractivity contribution in [2.45, 2.75) is 25.4 Å². The Balaban J connectivity index is 1.56. The molecule has 0 aromatic heterocycles. The fourth-order valence-corrected chi connectivity index (χ4v) is 3.27. The van der Waals surface area contributed by atoms with E-state index in [9.17, 15) is 9.59 Å². The van der Waals surface area contributed by atoms with Gasteiger partial charge in [-0.3, -0.25) is 9.59 Å². The third-order valence-electron chi connectivity index (χ3n) is 4.43. The van der Waals surface area contributed by atoms with Gasteiger partial charge in [0.1, 0.15) is 0 Å². The van der Waals surface area contributed by atoms with Crippen molar-refractivity contribution < 1.29 is 14.3 Å². The molecule has 130 valence electrons. The maximum absolute atomic E-state index is 12.2. The second kappa shape index (κ2) is 7.96. The van der Waals surface area contributed by atoms with Gasteiger partial charge in [-0.05, 0) is 44.0 Å². The van der Waals surface area contributed by atoms with Crippen LogP contribution in [-0.2, 0) is 9.53 Å². The molecular weight excluding hydrogens is 330 g/mol. The lowest BCUT2D eigenvalue weighted by molar-refractivity contribution is -0.119. The number of ether oxygens (including phenoxy) is 1. The summed E-state index contributed by atoms with van der Waals surface area (Å²) in [4.78, 5) is 24.3. The molecular formula is C17H22ClN3O3. The maximum atomic E-state index is 12.2. The predicted molar refractivity (Wildman–Crippen MR) is 92.4 cm³/mol. The molecule has 2 heterocycles. The molecule has 2 fully saturated rings. The monoisotopic (exact) mass is 351 g/mol. The van der Waals surface area contributed by atoms with Crippen LogP contribution in [0.25, 0.3) is 0 Å². The molecule has 1 unspecified atom stereocenters. The molecule has 0 spiro atoms. The van der Waals surface area contributed by atoms with Crippen molar-refractivity contribution in [2.75, 3.05) is 31.6 Å². The fourth-order valence-electron chi connectivity index (χ4n) is 3.01. The molecule has 1 aromatic carbocycles. The van der Waals surface area contributed by atoms with Crippen LogP contribution in [-0.4, -0.2) is 44.2 Å². The van der Waals surface area contributed by atoms with E-state index in [2.05, 4.69) is 16.0 Å². The number of hydrogen-bond acceptors (Lipinski definition) is 4. The van der Waals surface area contributed by atoms with Crippen molar-refractivity contribution in [1.29, 1.82) is 0 Å². The highest BCUT2D eigenvalue weighted by atomic mass is 35.5. The van der Waals surface area contributed by atoms with E-state index in [-0.39, 0.29) is 23.8 Å². The lowest BCUT2D eigenvalue weighted by atomic mass is 10.1. The molecule has 2 aliphatic heterocycles. The number of carbonyl (C=O) groups is 2. The Bertz CT molecular complexity index is 611. The molecule has 1 aromatic rings. The topological polar surface area (TPSA) is 79.5 Å². The first-order valence-electron chi connectivity index (χ1n) is 8.34. The Morgan fingerprint density at radius 1 is 1.33 bits per heavy atom. The van der Waals surface area contributed by atoms with Gasteiger partial charge in [-0.15, -0.1) is 0 Å². The molecule has 3 N–H and O–H groups in total. The van der Waals surface area contributed by atoms with Gasteiger partial charge in [0, 0.05) is 25.4 Å². The van der Waals surface area contributed by atoms with Crippen LogP contribution in [0.3, 0.4) is 0 Å². The van der Waals surface area contributed by atoms with Crippen LogP contribution in [0.1, 0.15) is 29.6 Å². The lowest BCUT2D eigenvalue weighted by Gasteiger charge is -2.13. The SMILES string of the molecule is O=C(NCC1CCCO1)c1ccc(NC(=O)[C@@H]2CCNC2)cc1Cl. The summed E-state index contributed by atoms with van der Waals surface area (Å²) in [5.74, 6) is -0.266. The lowest BCUT2D eigenvalue weighted by Crippen LogP contribution is -2.32. The van der Waals surface area contributed by atoms with Crippen molar-refractivity contribution >= 4 is 29.1 Å². The van der Waals surface area contributed by atoms with E-state index >= 15 is 0 Å².